The fraction of sp³-hybridized carbons (Fsp3) is 0.188. The van der Waals surface area contributed by atoms with Gasteiger partial charge in [0.25, 0.3) is 0 Å². The average Bonchev–Trinajstić information content (AvgIpc) is 2.52. The van der Waals surface area contributed by atoms with E-state index in [4.69, 9.17) is 21.1 Å². The number of hydrogen-bond donors (Lipinski definition) is 0. The van der Waals surface area contributed by atoms with E-state index in [2.05, 4.69) is 0 Å². The van der Waals surface area contributed by atoms with Gasteiger partial charge in [-0.2, -0.15) is 0 Å². The minimum absolute atomic E-state index is 0.240. The van der Waals surface area contributed by atoms with Crippen LogP contribution in [0.3, 0.4) is 0 Å². The molecule has 0 fully saturated rings. The number of halogens is 1. The zero-order valence-electron chi connectivity index (χ0n) is 10.9. The van der Waals surface area contributed by atoms with Gasteiger partial charge in [-0.1, -0.05) is 42.5 Å². The molecule has 104 valence electrons. The van der Waals surface area contributed by atoms with Gasteiger partial charge in [-0.3, -0.25) is 0 Å². The van der Waals surface area contributed by atoms with Crippen molar-refractivity contribution in [2.45, 2.75) is 6.61 Å². The molecule has 0 unspecified atom stereocenters. The second-order valence-corrected chi connectivity index (χ2v) is 4.47. The van der Waals surface area contributed by atoms with Crippen molar-refractivity contribution in [2.75, 3.05) is 12.5 Å². The molecule has 0 N–H and O–H groups in total. The summed E-state index contributed by atoms with van der Waals surface area (Å²) >= 11 is 5.58. The molecule has 0 spiro atoms. The maximum atomic E-state index is 12.1. The highest BCUT2D eigenvalue weighted by Gasteiger charge is 2.13. The van der Waals surface area contributed by atoms with E-state index < -0.39 is 5.97 Å². The fourth-order valence-corrected chi connectivity index (χ4v) is 1.79. The Morgan fingerprint density at radius 2 is 1.70 bits per heavy atom. The molecule has 0 saturated carbocycles. The number of benzene rings is 2. The van der Waals surface area contributed by atoms with E-state index in [1.165, 1.54) is 0 Å². The van der Waals surface area contributed by atoms with Crippen LogP contribution in [0.2, 0.25) is 0 Å². The van der Waals surface area contributed by atoms with Gasteiger partial charge in [0.1, 0.15) is 24.5 Å². The molecule has 3 nitrogen and oxygen atoms in total. The average molecular weight is 291 g/mol. The smallest absolute Gasteiger partial charge is 0.342 e. The second-order valence-electron chi connectivity index (χ2n) is 4.10. The highest BCUT2D eigenvalue weighted by molar-refractivity contribution is 6.18. The highest BCUT2D eigenvalue weighted by Crippen LogP contribution is 2.19. The number of para-hydroxylation sites is 1. The second kappa shape index (κ2) is 7.56. The lowest BCUT2D eigenvalue weighted by molar-refractivity contribution is 0.0468. The molecular weight excluding hydrogens is 276 g/mol. The summed E-state index contributed by atoms with van der Waals surface area (Å²) in [5, 5.41) is 0. The van der Waals surface area contributed by atoms with Gasteiger partial charge in [0.05, 0.1) is 5.88 Å². The predicted octanol–water partition coefficient (Wildman–Crippen LogP) is 3.66. The third kappa shape index (κ3) is 4.00. The summed E-state index contributed by atoms with van der Waals surface area (Å²) in [6.07, 6.45) is 0. The van der Waals surface area contributed by atoms with Crippen LogP contribution in [0.25, 0.3) is 0 Å². The number of ether oxygens (including phenoxy) is 2. The molecule has 2 aromatic carbocycles. The van der Waals surface area contributed by atoms with E-state index in [1.54, 1.807) is 24.3 Å². The van der Waals surface area contributed by atoms with Crippen molar-refractivity contribution in [3.8, 4) is 5.75 Å². The molecule has 0 aliphatic rings. The van der Waals surface area contributed by atoms with Crippen LogP contribution in [0.5, 0.6) is 5.75 Å². The molecule has 0 atom stereocenters. The van der Waals surface area contributed by atoms with Crippen LogP contribution in [0, 0.1) is 0 Å². The van der Waals surface area contributed by atoms with Gasteiger partial charge in [-0.05, 0) is 17.7 Å². The van der Waals surface area contributed by atoms with E-state index in [-0.39, 0.29) is 6.61 Å². The monoisotopic (exact) mass is 290 g/mol. The molecule has 0 bridgehead atoms. The van der Waals surface area contributed by atoms with E-state index >= 15 is 0 Å². The zero-order valence-corrected chi connectivity index (χ0v) is 11.7. The molecule has 0 aromatic heterocycles. The summed E-state index contributed by atoms with van der Waals surface area (Å²) in [5.41, 5.74) is 1.36. The van der Waals surface area contributed by atoms with E-state index in [0.29, 0.717) is 23.8 Å². The molecule has 0 heterocycles. The maximum absolute atomic E-state index is 12.1. The summed E-state index contributed by atoms with van der Waals surface area (Å²) in [6, 6.07) is 16.5. The van der Waals surface area contributed by atoms with Crippen molar-refractivity contribution in [1.82, 2.24) is 0 Å². The van der Waals surface area contributed by atoms with E-state index in [1.807, 2.05) is 30.3 Å². The maximum Gasteiger partial charge on any atom is 0.342 e. The molecule has 0 aliphatic heterocycles. The van der Waals surface area contributed by atoms with E-state index in [9.17, 15) is 4.79 Å². The molecule has 0 saturated heterocycles. The highest BCUT2D eigenvalue weighted by atomic mass is 35.5. The first kappa shape index (κ1) is 14.4. The lowest BCUT2D eigenvalue weighted by atomic mass is 10.2. The quantitative estimate of drug-likeness (QED) is 0.601. The number of rotatable bonds is 6. The van der Waals surface area contributed by atoms with Gasteiger partial charge in [-0.25, -0.2) is 4.79 Å². The summed E-state index contributed by atoms with van der Waals surface area (Å²) in [7, 11) is 0. The number of esters is 1. The van der Waals surface area contributed by atoms with Crippen LogP contribution in [0.4, 0.5) is 0 Å². The molecule has 2 rings (SSSR count). The summed E-state index contributed by atoms with van der Waals surface area (Å²) in [6.45, 7) is 0.591. The molecule has 20 heavy (non-hydrogen) atoms. The normalized spacial score (nSPS) is 10.1. The van der Waals surface area contributed by atoms with Crippen LogP contribution in [0.15, 0.2) is 54.6 Å². The Kier molecular flexibility index (Phi) is 5.44. The molecular formula is C16H15ClO3. The third-order valence-corrected chi connectivity index (χ3v) is 2.81. The van der Waals surface area contributed by atoms with Gasteiger partial charge in [0, 0.05) is 0 Å². The van der Waals surface area contributed by atoms with Crippen molar-refractivity contribution in [2.24, 2.45) is 0 Å². The van der Waals surface area contributed by atoms with Crippen LogP contribution in [-0.2, 0) is 11.3 Å². The van der Waals surface area contributed by atoms with Crippen molar-refractivity contribution in [3.63, 3.8) is 0 Å². The molecule has 0 aliphatic carbocycles. The lowest BCUT2D eigenvalue weighted by Crippen LogP contribution is -2.09. The van der Waals surface area contributed by atoms with Crippen molar-refractivity contribution < 1.29 is 14.3 Å². The van der Waals surface area contributed by atoms with Crippen LogP contribution >= 0.6 is 11.6 Å². The zero-order chi connectivity index (χ0) is 14.2. The van der Waals surface area contributed by atoms with Gasteiger partial charge < -0.3 is 9.47 Å². The predicted molar refractivity (Wildman–Crippen MR) is 78.2 cm³/mol. The Hall–Kier alpha value is -2.00. The first-order valence-corrected chi connectivity index (χ1v) is 6.83. The molecule has 0 amide bonds. The van der Waals surface area contributed by atoms with E-state index in [0.717, 1.165) is 5.56 Å². The number of carbonyl (C=O) groups excluding carboxylic acids is 1. The SMILES string of the molecule is O=C(OCc1ccccc1)c1ccccc1OCCCl. The first-order chi connectivity index (χ1) is 9.81. The minimum Gasteiger partial charge on any atom is -0.491 e. The van der Waals surface area contributed by atoms with Gasteiger partial charge in [0.2, 0.25) is 0 Å². The molecule has 4 heteroatoms. The summed E-state index contributed by atoms with van der Waals surface area (Å²) < 4.78 is 10.7. The number of alkyl halides is 1. The third-order valence-electron chi connectivity index (χ3n) is 2.65. The lowest BCUT2D eigenvalue weighted by Gasteiger charge is -2.10. The van der Waals surface area contributed by atoms with Crippen molar-refractivity contribution >= 4 is 17.6 Å². The Bertz CT molecular complexity index is 555. The number of hydrogen-bond acceptors (Lipinski definition) is 3. The summed E-state index contributed by atoms with van der Waals surface area (Å²) in [5.74, 6) is 0.457. The Balaban J connectivity index is 2.01. The Labute approximate surface area is 123 Å². The van der Waals surface area contributed by atoms with Gasteiger partial charge in [0.15, 0.2) is 0 Å². The van der Waals surface area contributed by atoms with Crippen LogP contribution in [0.1, 0.15) is 15.9 Å². The van der Waals surface area contributed by atoms with Crippen molar-refractivity contribution in [1.29, 1.82) is 0 Å². The van der Waals surface area contributed by atoms with Crippen LogP contribution < -0.4 is 4.74 Å². The summed E-state index contributed by atoms with van der Waals surface area (Å²) in [4.78, 5) is 12.1. The minimum atomic E-state index is -0.404. The largest absolute Gasteiger partial charge is 0.491 e. The Morgan fingerprint density at radius 1 is 1.00 bits per heavy atom. The number of carbonyl (C=O) groups is 1. The first-order valence-electron chi connectivity index (χ1n) is 6.30. The molecule has 0 radical (unpaired) electrons. The fourth-order valence-electron chi connectivity index (χ4n) is 1.71. The Morgan fingerprint density at radius 3 is 2.45 bits per heavy atom. The standard InChI is InChI=1S/C16H15ClO3/c17-10-11-19-15-9-5-4-8-14(15)16(18)20-12-13-6-2-1-3-7-13/h1-9H,10-12H2. The molecule has 2 aromatic rings. The van der Waals surface area contributed by atoms with Gasteiger partial charge >= 0.3 is 5.97 Å². The van der Waals surface area contributed by atoms with Gasteiger partial charge in [-0.15, -0.1) is 11.6 Å². The van der Waals surface area contributed by atoms with Crippen LogP contribution in [-0.4, -0.2) is 18.5 Å². The van der Waals surface area contributed by atoms with Crippen molar-refractivity contribution in [3.05, 3.63) is 65.7 Å². The topological polar surface area (TPSA) is 35.5 Å².